The summed E-state index contributed by atoms with van der Waals surface area (Å²) in [6, 6.07) is 9.99. The van der Waals surface area contributed by atoms with Crippen LogP contribution < -0.4 is 10.5 Å². The summed E-state index contributed by atoms with van der Waals surface area (Å²) in [7, 11) is 0. The van der Waals surface area contributed by atoms with Gasteiger partial charge in [-0.3, -0.25) is 14.2 Å². The molecule has 3 heterocycles. The highest BCUT2D eigenvalue weighted by Gasteiger charge is 2.23. The van der Waals surface area contributed by atoms with Gasteiger partial charge in [-0.05, 0) is 49.8 Å². The molecule has 1 amide bonds. The third kappa shape index (κ3) is 4.17. The van der Waals surface area contributed by atoms with Crippen LogP contribution in [-0.2, 0) is 17.8 Å². The summed E-state index contributed by atoms with van der Waals surface area (Å²) in [5, 5.41) is 0.616. The minimum atomic E-state index is -0.0629. The highest BCUT2D eigenvalue weighted by atomic mass is 32.2. The normalized spacial score (nSPS) is 13.8. The van der Waals surface area contributed by atoms with Crippen LogP contribution in [0.5, 0.6) is 0 Å². The molecule has 1 aliphatic heterocycles. The lowest BCUT2D eigenvalue weighted by atomic mass is 10.0. The molecule has 0 bridgehead atoms. The van der Waals surface area contributed by atoms with E-state index in [-0.39, 0.29) is 17.2 Å². The molecular weight excluding hydrogens is 396 g/mol. The maximum Gasteiger partial charge on any atom is 0.278 e. The Labute approximate surface area is 180 Å². The van der Waals surface area contributed by atoms with Crippen LogP contribution in [-0.4, -0.2) is 32.7 Å². The van der Waals surface area contributed by atoms with Crippen LogP contribution in [0.1, 0.15) is 37.9 Å². The number of aromatic amines is 1. The number of aryl methyl sites for hydroxylation is 2. The standard InChI is InChI=1S/C23H28N4O2S/c1-15(2)10-12-27-22(29)21-18(13-16(3)24-21)25-23(27)30-14-20(28)26-11-6-8-17-7-4-5-9-19(17)26/h4-5,7,9,13,15,24H,6,8,10-12,14H2,1-3H3. The number of benzene rings is 1. The number of carbonyl (C=O) groups is 1. The Kier molecular flexibility index (Phi) is 5.99. The second-order valence-electron chi connectivity index (χ2n) is 8.31. The molecule has 0 spiro atoms. The number of amides is 1. The van der Waals surface area contributed by atoms with Crippen molar-refractivity contribution in [2.45, 2.75) is 51.7 Å². The van der Waals surface area contributed by atoms with E-state index in [0.717, 1.165) is 37.2 Å². The van der Waals surface area contributed by atoms with Crippen LogP contribution in [0.3, 0.4) is 0 Å². The van der Waals surface area contributed by atoms with Crippen LogP contribution in [0.25, 0.3) is 11.0 Å². The van der Waals surface area contributed by atoms with Crippen molar-refractivity contribution in [2.24, 2.45) is 5.92 Å². The molecular formula is C23H28N4O2S. The molecule has 0 saturated carbocycles. The third-order valence-corrected chi connectivity index (χ3v) is 6.46. The summed E-state index contributed by atoms with van der Waals surface area (Å²) < 4.78 is 1.72. The monoisotopic (exact) mass is 424 g/mol. The summed E-state index contributed by atoms with van der Waals surface area (Å²) in [6.45, 7) is 7.53. The van der Waals surface area contributed by atoms with Crippen LogP contribution in [0.2, 0.25) is 0 Å². The number of nitrogens with zero attached hydrogens (tertiary/aromatic N) is 3. The largest absolute Gasteiger partial charge is 0.353 e. The molecule has 1 aliphatic rings. The van der Waals surface area contributed by atoms with Gasteiger partial charge < -0.3 is 9.88 Å². The lowest BCUT2D eigenvalue weighted by Gasteiger charge is -2.29. The molecule has 3 aromatic rings. The van der Waals surface area contributed by atoms with Gasteiger partial charge in [-0.2, -0.15) is 0 Å². The minimum Gasteiger partial charge on any atom is -0.353 e. The zero-order chi connectivity index (χ0) is 21.3. The Morgan fingerprint density at radius 3 is 2.90 bits per heavy atom. The fourth-order valence-corrected chi connectivity index (χ4v) is 4.80. The van der Waals surface area contributed by atoms with E-state index in [0.29, 0.717) is 28.7 Å². The zero-order valence-corrected chi connectivity index (χ0v) is 18.6. The van der Waals surface area contributed by atoms with E-state index in [9.17, 15) is 9.59 Å². The average molecular weight is 425 g/mol. The molecule has 0 radical (unpaired) electrons. The molecule has 0 saturated heterocycles. The van der Waals surface area contributed by atoms with Crippen molar-refractivity contribution >= 4 is 34.4 Å². The van der Waals surface area contributed by atoms with Crippen molar-refractivity contribution in [1.29, 1.82) is 0 Å². The number of aromatic nitrogens is 3. The van der Waals surface area contributed by atoms with Gasteiger partial charge in [0.25, 0.3) is 5.56 Å². The number of rotatable bonds is 6. The lowest BCUT2D eigenvalue weighted by Crippen LogP contribution is -2.36. The van der Waals surface area contributed by atoms with Gasteiger partial charge in [-0.15, -0.1) is 0 Å². The van der Waals surface area contributed by atoms with Crippen LogP contribution in [0.4, 0.5) is 5.69 Å². The van der Waals surface area contributed by atoms with Crippen LogP contribution in [0.15, 0.2) is 40.3 Å². The Hall–Kier alpha value is -2.54. The molecule has 0 fully saturated rings. The number of hydrogen-bond acceptors (Lipinski definition) is 4. The van der Waals surface area contributed by atoms with Gasteiger partial charge in [-0.1, -0.05) is 43.8 Å². The first-order chi connectivity index (χ1) is 14.4. The number of fused-ring (bicyclic) bond motifs is 2. The third-order valence-electron chi connectivity index (χ3n) is 5.50. The molecule has 6 nitrogen and oxygen atoms in total. The number of para-hydroxylation sites is 1. The van der Waals surface area contributed by atoms with Crippen molar-refractivity contribution in [3.05, 3.63) is 51.9 Å². The fraction of sp³-hybridized carbons (Fsp3) is 0.435. The van der Waals surface area contributed by atoms with E-state index in [2.05, 4.69) is 24.9 Å². The quantitative estimate of drug-likeness (QED) is 0.477. The summed E-state index contributed by atoms with van der Waals surface area (Å²) >= 11 is 1.36. The molecule has 0 unspecified atom stereocenters. The van der Waals surface area contributed by atoms with Gasteiger partial charge in [0.15, 0.2) is 5.16 Å². The molecule has 158 valence electrons. The second-order valence-corrected chi connectivity index (χ2v) is 9.26. The van der Waals surface area contributed by atoms with Gasteiger partial charge in [0.05, 0.1) is 11.3 Å². The highest BCUT2D eigenvalue weighted by molar-refractivity contribution is 7.99. The van der Waals surface area contributed by atoms with E-state index in [1.165, 1.54) is 17.3 Å². The Morgan fingerprint density at radius 2 is 2.10 bits per heavy atom. The van der Waals surface area contributed by atoms with Crippen molar-refractivity contribution < 1.29 is 4.79 Å². The maximum atomic E-state index is 13.1. The predicted molar refractivity (Wildman–Crippen MR) is 122 cm³/mol. The summed E-state index contributed by atoms with van der Waals surface area (Å²) in [4.78, 5) is 35.8. The smallest absolute Gasteiger partial charge is 0.278 e. The average Bonchev–Trinajstić information content (AvgIpc) is 3.11. The lowest BCUT2D eigenvalue weighted by molar-refractivity contribution is -0.116. The molecule has 2 aromatic heterocycles. The molecule has 0 aliphatic carbocycles. The molecule has 7 heteroatoms. The Balaban J connectivity index is 1.59. The molecule has 1 aromatic carbocycles. The Morgan fingerprint density at radius 1 is 1.30 bits per heavy atom. The predicted octanol–water partition coefficient (Wildman–Crippen LogP) is 4.15. The number of thioether (sulfide) groups is 1. The van der Waals surface area contributed by atoms with Crippen LogP contribution in [0, 0.1) is 12.8 Å². The van der Waals surface area contributed by atoms with Gasteiger partial charge in [0.1, 0.15) is 5.52 Å². The number of H-pyrrole nitrogens is 1. The Bertz CT molecular complexity index is 1130. The summed E-state index contributed by atoms with van der Waals surface area (Å²) in [5.41, 5.74) is 4.28. The molecule has 30 heavy (non-hydrogen) atoms. The number of nitrogens with one attached hydrogen (secondary N) is 1. The van der Waals surface area contributed by atoms with Crippen molar-refractivity contribution in [3.63, 3.8) is 0 Å². The second kappa shape index (κ2) is 8.68. The zero-order valence-electron chi connectivity index (χ0n) is 17.8. The van der Waals surface area contributed by atoms with E-state index < -0.39 is 0 Å². The fourth-order valence-electron chi connectivity index (χ4n) is 3.90. The van der Waals surface area contributed by atoms with Crippen molar-refractivity contribution in [2.75, 3.05) is 17.2 Å². The molecule has 1 N–H and O–H groups in total. The van der Waals surface area contributed by atoms with Crippen molar-refractivity contribution in [1.82, 2.24) is 14.5 Å². The number of anilines is 1. The molecule has 0 atom stereocenters. The van der Waals surface area contributed by atoms with E-state index >= 15 is 0 Å². The van der Waals surface area contributed by atoms with Gasteiger partial charge in [0, 0.05) is 24.5 Å². The van der Waals surface area contributed by atoms with Crippen LogP contribution >= 0.6 is 11.8 Å². The summed E-state index contributed by atoms with van der Waals surface area (Å²) in [6.07, 6.45) is 2.86. The van der Waals surface area contributed by atoms with Crippen molar-refractivity contribution in [3.8, 4) is 0 Å². The van der Waals surface area contributed by atoms with Gasteiger partial charge >= 0.3 is 0 Å². The first-order valence-corrected chi connectivity index (χ1v) is 11.5. The van der Waals surface area contributed by atoms with E-state index in [1.807, 2.05) is 36.1 Å². The first kappa shape index (κ1) is 20.7. The van der Waals surface area contributed by atoms with E-state index in [1.54, 1.807) is 4.57 Å². The number of carbonyl (C=O) groups excluding carboxylic acids is 1. The van der Waals surface area contributed by atoms with E-state index in [4.69, 9.17) is 4.98 Å². The highest BCUT2D eigenvalue weighted by Crippen LogP contribution is 2.28. The summed E-state index contributed by atoms with van der Waals surface area (Å²) in [5.74, 6) is 0.793. The maximum absolute atomic E-state index is 13.1. The topological polar surface area (TPSA) is 71.0 Å². The molecule has 4 rings (SSSR count). The minimum absolute atomic E-state index is 0.0576. The first-order valence-electron chi connectivity index (χ1n) is 10.5. The number of hydrogen-bond donors (Lipinski definition) is 1. The van der Waals surface area contributed by atoms with Gasteiger partial charge in [-0.25, -0.2) is 4.98 Å². The SMILES string of the molecule is Cc1cc2nc(SCC(=O)N3CCCc4ccccc43)n(CCC(C)C)c(=O)c2[nH]1. The van der Waals surface area contributed by atoms with Gasteiger partial charge in [0.2, 0.25) is 5.91 Å².